The number of carboxylic acids is 1. The van der Waals surface area contributed by atoms with Gasteiger partial charge in [-0.05, 0) is 44.1 Å². The summed E-state index contributed by atoms with van der Waals surface area (Å²) in [6, 6.07) is 3.88. The van der Waals surface area contributed by atoms with E-state index < -0.39 is 5.97 Å². The molecule has 0 saturated carbocycles. The van der Waals surface area contributed by atoms with E-state index in [0.717, 1.165) is 32.0 Å². The number of carbonyl (C=O) groups is 2. The molecule has 19 heavy (non-hydrogen) atoms. The summed E-state index contributed by atoms with van der Waals surface area (Å²) in [5.74, 6) is -1.60. The lowest BCUT2D eigenvalue weighted by Gasteiger charge is -2.22. The number of aromatic hydroxyl groups is 1. The predicted octanol–water partition coefficient (Wildman–Crippen LogP) is 1.03. The molecule has 0 unspecified atom stereocenters. The topological polar surface area (TPSA) is 98.7 Å². The van der Waals surface area contributed by atoms with E-state index in [1.165, 1.54) is 12.1 Å². The van der Waals surface area contributed by atoms with Crippen LogP contribution in [0.2, 0.25) is 0 Å². The molecule has 1 heterocycles. The van der Waals surface area contributed by atoms with E-state index in [-0.39, 0.29) is 28.8 Å². The fraction of sp³-hybridized carbons (Fsp3) is 0.385. The number of hydrogen-bond acceptors (Lipinski definition) is 4. The largest absolute Gasteiger partial charge is 0.508 e. The van der Waals surface area contributed by atoms with Gasteiger partial charge in [-0.25, -0.2) is 4.79 Å². The van der Waals surface area contributed by atoms with Crippen molar-refractivity contribution < 1.29 is 19.8 Å². The maximum absolute atomic E-state index is 12.0. The van der Waals surface area contributed by atoms with Crippen molar-refractivity contribution in [2.45, 2.75) is 12.8 Å². The molecule has 0 atom stereocenters. The number of anilines is 1. The molecule has 102 valence electrons. The number of nitrogens with one attached hydrogen (secondary N) is 2. The van der Waals surface area contributed by atoms with Crippen LogP contribution in [0.25, 0.3) is 0 Å². The SMILES string of the molecule is O=C(O)c1cc(O)ccc1NC(=O)C1CCNCC1. The number of aromatic carboxylic acids is 1. The second-order valence-electron chi connectivity index (χ2n) is 4.55. The Labute approximate surface area is 110 Å². The molecule has 1 aliphatic heterocycles. The maximum Gasteiger partial charge on any atom is 0.337 e. The normalized spacial score (nSPS) is 16.0. The van der Waals surface area contributed by atoms with Gasteiger partial charge >= 0.3 is 5.97 Å². The molecule has 6 nitrogen and oxygen atoms in total. The minimum absolute atomic E-state index is 0.100. The number of phenols is 1. The van der Waals surface area contributed by atoms with Crippen molar-refractivity contribution in [2.24, 2.45) is 5.92 Å². The van der Waals surface area contributed by atoms with Crippen LogP contribution in [-0.4, -0.2) is 35.2 Å². The Morgan fingerprint density at radius 2 is 1.95 bits per heavy atom. The van der Waals surface area contributed by atoms with Crippen LogP contribution < -0.4 is 10.6 Å². The van der Waals surface area contributed by atoms with Gasteiger partial charge in [-0.2, -0.15) is 0 Å². The van der Waals surface area contributed by atoms with Gasteiger partial charge in [0.2, 0.25) is 5.91 Å². The van der Waals surface area contributed by atoms with Crippen molar-refractivity contribution in [3.05, 3.63) is 23.8 Å². The molecule has 1 aliphatic rings. The number of rotatable bonds is 3. The molecule has 0 aliphatic carbocycles. The summed E-state index contributed by atoms with van der Waals surface area (Å²) in [7, 11) is 0. The van der Waals surface area contributed by atoms with Gasteiger partial charge < -0.3 is 20.8 Å². The van der Waals surface area contributed by atoms with Gasteiger partial charge in [0.1, 0.15) is 5.75 Å². The number of carbonyl (C=O) groups excluding carboxylic acids is 1. The van der Waals surface area contributed by atoms with Crippen LogP contribution in [0.5, 0.6) is 5.75 Å². The highest BCUT2D eigenvalue weighted by Gasteiger charge is 2.22. The van der Waals surface area contributed by atoms with E-state index in [1.54, 1.807) is 0 Å². The number of amides is 1. The molecular weight excluding hydrogens is 248 g/mol. The van der Waals surface area contributed by atoms with Crippen LogP contribution in [0.1, 0.15) is 23.2 Å². The third-order valence-corrected chi connectivity index (χ3v) is 3.20. The molecule has 6 heteroatoms. The second kappa shape index (κ2) is 5.71. The number of hydrogen-bond donors (Lipinski definition) is 4. The minimum Gasteiger partial charge on any atom is -0.508 e. The van der Waals surface area contributed by atoms with E-state index >= 15 is 0 Å². The highest BCUT2D eigenvalue weighted by molar-refractivity contribution is 6.01. The maximum atomic E-state index is 12.0. The van der Waals surface area contributed by atoms with Crippen LogP contribution in [0.3, 0.4) is 0 Å². The quantitative estimate of drug-likeness (QED) is 0.611. The molecule has 4 N–H and O–H groups in total. The smallest absolute Gasteiger partial charge is 0.337 e. The Hall–Kier alpha value is -2.08. The first kappa shape index (κ1) is 13.4. The summed E-state index contributed by atoms with van der Waals surface area (Å²) in [6.07, 6.45) is 1.48. The van der Waals surface area contributed by atoms with Crippen LogP contribution >= 0.6 is 0 Å². The molecule has 0 spiro atoms. The summed E-state index contributed by atoms with van der Waals surface area (Å²) in [6.45, 7) is 1.58. The summed E-state index contributed by atoms with van der Waals surface area (Å²) >= 11 is 0. The molecule has 1 fully saturated rings. The molecule has 2 rings (SSSR count). The Balaban J connectivity index is 2.13. The lowest BCUT2D eigenvalue weighted by Crippen LogP contribution is -2.34. The first-order valence-electron chi connectivity index (χ1n) is 6.16. The zero-order valence-electron chi connectivity index (χ0n) is 10.3. The fourth-order valence-electron chi connectivity index (χ4n) is 2.14. The number of piperidine rings is 1. The van der Waals surface area contributed by atoms with Gasteiger partial charge in [0.25, 0.3) is 0 Å². The van der Waals surface area contributed by atoms with Crippen molar-refractivity contribution in [1.82, 2.24) is 5.32 Å². The lowest BCUT2D eigenvalue weighted by molar-refractivity contribution is -0.120. The molecule has 1 amide bonds. The van der Waals surface area contributed by atoms with Crippen molar-refractivity contribution in [3.8, 4) is 5.75 Å². The molecule has 1 saturated heterocycles. The first-order valence-corrected chi connectivity index (χ1v) is 6.16. The Bertz CT molecular complexity index is 495. The van der Waals surface area contributed by atoms with Crippen molar-refractivity contribution in [1.29, 1.82) is 0 Å². The zero-order valence-corrected chi connectivity index (χ0v) is 10.3. The highest BCUT2D eigenvalue weighted by Crippen LogP contribution is 2.23. The van der Waals surface area contributed by atoms with Gasteiger partial charge in [0.15, 0.2) is 0 Å². The molecular formula is C13H16N2O4. The molecule has 1 aromatic rings. The highest BCUT2D eigenvalue weighted by atomic mass is 16.4. The van der Waals surface area contributed by atoms with Gasteiger partial charge in [0, 0.05) is 5.92 Å². The number of phenolic OH excluding ortho intramolecular Hbond substituents is 1. The van der Waals surface area contributed by atoms with Crippen LogP contribution in [0.4, 0.5) is 5.69 Å². The fourth-order valence-corrected chi connectivity index (χ4v) is 2.14. The summed E-state index contributed by atoms with van der Waals surface area (Å²) in [4.78, 5) is 23.1. The monoisotopic (exact) mass is 264 g/mol. The Morgan fingerprint density at radius 1 is 1.26 bits per heavy atom. The standard InChI is InChI=1S/C13H16N2O4/c16-9-1-2-11(10(7-9)13(18)19)15-12(17)8-3-5-14-6-4-8/h1-2,7-8,14,16H,3-6H2,(H,15,17)(H,18,19). The third-order valence-electron chi connectivity index (χ3n) is 3.20. The van der Waals surface area contributed by atoms with E-state index in [1.807, 2.05) is 0 Å². The van der Waals surface area contributed by atoms with Gasteiger partial charge in [-0.1, -0.05) is 0 Å². The molecule has 1 aromatic carbocycles. The average molecular weight is 264 g/mol. The molecule has 0 aromatic heterocycles. The summed E-state index contributed by atoms with van der Waals surface area (Å²) < 4.78 is 0. The summed E-state index contributed by atoms with van der Waals surface area (Å²) in [5.41, 5.74) is 0.108. The van der Waals surface area contributed by atoms with Crippen LogP contribution in [-0.2, 0) is 4.79 Å². The number of benzene rings is 1. The zero-order chi connectivity index (χ0) is 13.8. The minimum atomic E-state index is -1.18. The van der Waals surface area contributed by atoms with Crippen molar-refractivity contribution >= 4 is 17.6 Å². The second-order valence-corrected chi connectivity index (χ2v) is 4.55. The van der Waals surface area contributed by atoms with Crippen molar-refractivity contribution in [2.75, 3.05) is 18.4 Å². The van der Waals surface area contributed by atoms with Gasteiger partial charge in [0.05, 0.1) is 11.3 Å². The Kier molecular flexibility index (Phi) is 4.01. The van der Waals surface area contributed by atoms with E-state index in [0.29, 0.717) is 0 Å². The van der Waals surface area contributed by atoms with Crippen molar-refractivity contribution in [3.63, 3.8) is 0 Å². The first-order chi connectivity index (χ1) is 9.08. The van der Waals surface area contributed by atoms with Gasteiger partial charge in [-0.15, -0.1) is 0 Å². The van der Waals surface area contributed by atoms with E-state index in [2.05, 4.69) is 10.6 Å². The molecule has 0 radical (unpaired) electrons. The van der Waals surface area contributed by atoms with E-state index in [4.69, 9.17) is 5.11 Å². The van der Waals surface area contributed by atoms with Gasteiger partial charge in [-0.3, -0.25) is 4.79 Å². The summed E-state index contributed by atoms with van der Waals surface area (Å²) in [5, 5.41) is 24.1. The third kappa shape index (κ3) is 3.23. The predicted molar refractivity (Wildman–Crippen MR) is 69.3 cm³/mol. The number of carboxylic acid groups (broad SMARTS) is 1. The van der Waals surface area contributed by atoms with E-state index in [9.17, 15) is 14.7 Å². The lowest BCUT2D eigenvalue weighted by atomic mass is 9.97. The Morgan fingerprint density at radius 3 is 2.58 bits per heavy atom. The molecule has 0 bridgehead atoms. The average Bonchev–Trinajstić information content (AvgIpc) is 2.41. The van der Waals surface area contributed by atoms with Crippen LogP contribution in [0.15, 0.2) is 18.2 Å². The van der Waals surface area contributed by atoms with Crippen LogP contribution in [0, 0.1) is 5.92 Å².